The lowest BCUT2D eigenvalue weighted by molar-refractivity contribution is 0.396. The molecule has 13 heavy (non-hydrogen) atoms. The lowest BCUT2D eigenvalue weighted by Crippen LogP contribution is -2.13. The maximum absolute atomic E-state index is 12.3. The molecule has 3 heteroatoms. The van der Waals surface area contributed by atoms with E-state index in [2.05, 4.69) is 0 Å². The minimum atomic E-state index is -2.62. The molecule has 0 amide bonds. The Balaban J connectivity index is 3.12. The molecule has 1 atom stereocenters. The Morgan fingerprint density at radius 1 is 1.23 bits per heavy atom. The third kappa shape index (κ3) is 2.01. The topological polar surface area (TPSA) is 26.3 Å². The van der Waals surface area contributed by atoms with Gasteiger partial charge in [-0.05, 0) is 12.1 Å². The smallest absolute Gasteiger partial charge is 0.234 e. The molecule has 0 saturated carbocycles. The third-order valence-electron chi connectivity index (χ3n) is 2.07. The fourth-order valence-corrected chi connectivity index (χ4v) is 3.07. The van der Waals surface area contributed by atoms with Crippen molar-refractivity contribution in [2.24, 2.45) is 0 Å². The second-order valence-electron chi connectivity index (χ2n) is 3.21. The molecule has 1 aromatic rings. The van der Waals surface area contributed by atoms with E-state index in [0.29, 0.717) is 0 Å². The van der Waals surface area contributed by atoms with Crippen molar-refractivity contribution in [3.63, 3.8) is 0 Å². The highest BCUT2D eigenvalue weighted by Crippen LogP contribution is 2.49. The van der Waals surface area contributed by atoms with Gasteiger partial charge in [-0.2, -0.15) is 0 Å². The van der Waals surface area contributed by atoms with Crippen LogP contribution >= 0.6 is 7.37 Å². The highest BCUT2D eigenvalue weighted by atomic mass is 31.2. The minimum Gasteiger partial charge on any atom is -0.328 e. The Kier molecular flexibility index (Phi) is 3.29. The van der Waals surface area contributed by atoms with Crippen LogP contribution in [0, 0.1) is 0 Å². The highest BCUT2D eigenvalue weighted by Gasteiger charge is 2.28. The molecule has 0 radical (unpaired) electrons. The number of benzene rings is 1. The van der Waals surface area contributed by atoms with Crippen molar-refractivity contribution in [3.05, 3.63) is 30.3 Å². The van der Waals surface area contributed by atoms with E-state index in [9.17, 15) is 4.57 Å². The summed E-state index contributed by atoms with van der Waals surface area (Å²) in [7, 11) is -1.12. The van der Waals surface area contributed by atoms with E-state index in [1.807, 2.05) is 44.2 Å². The summed E-state index contributed by atoms with van der Waals surface area (Å²) in [6.45, 7) is 3.83. The first-order valence-electron chi connectivity index (χ1n) is 4.32. The number of rotatable bonds is 3. The zero-order chi connectivity index (χ0) is 9.90. The van der Waals surface area contributed by atoms with E-state index in [4.69, 9.17) is 4.52 Å². The molecule has 2 nitrogen and oxygen atoms in total. The molecule has 0 aromatic heterocycles. The van der Waals surface area contributed by atoms with E-state index >= 15 is 0 Å². The van der Waals surface area contributed by atoms with Gasteiger partial charge in [0, 0.05) is 18.1 Å². The summed E-state index contributed by atoms with van der Waals surface area (Å²) < 4.78 is 17.4. The average molecular weight is 198 g/mol. The van der Waals surface area contributed by atoms with Gasteiger partial charge in [0.25, 0.3) is 0 Å². The standard InChI is InChI=1S/C10H15O2P/c1-9(2)13(11,12-3)10-7-5-4-6-8-10/h4-9H,1-3H3. The van der Waals surface area contributed by atoms with Crippen LogP contribution in [0.25, 0.3) is 0 Å². The van der Waals surface area contributed by atoms with Gasteiger partial charge in [0.15, 0.2) is 0 Å². The lowest BCUT2D eigenvalue weighted by atomic mass is 10.4. The molecular formula is C10H15O2P. The van der Waals surface area contributed by atoms with Gasteiger partial charge in [0.05, 0.1) is 0 Å². The minimum absolute atomic E-state index is 0.0277. The maximum Gasteiger partial charge on any atom is 0.234 e. The molecule has 1 rings (SSSR count). The molecule has 0 spiro atoms. The van der Waals surface area contributed by atoms with Crippen LogP contribution in [0.1, 0.15) is 13.8 Å². The molecule has 0 N–H and O–H groups in total. The van der Waals surface area contributed by atoms with Gasteiger partial charge in [-0.1, -0.05) is 32.0 Å². The molecule has 0 fully saturated rings. The van der Waals surface area contributed by atoms with Crippen molar-refractivity contribution < 1.29 is 9.09 Å². The molecule has 0 aliphatic carbocycles. The largest absolute Gasteiger partial charge is 0.328 e. The zero-order valence-electron chi connectivity index (χ0n) is 8.23. The van der Waals surface area contributed by atoms with Crippen LogP contribution in [0.3, 0.4) is 0 Å². The van der Waals surface area contributed by atoms with E-state index in [-0.39, 0.29) is 5.66 Å². The molecule has 1 unspecified atom stereocenters. The van der Waals surface area contributed by atoms with Gasteiger partial charge < -0.3 is 4.52 Å². The predicted octanol–water partition coefficient (Wildman–Crippen LogP) is 2.64. The van der Waals surface area contributed by atoms with Crippen molar-refractivity contribution in [3.8, 4) is 0 Å². The quantitative estimate of drug-likeness (QED) is 0.698. The average Bonchev–Trinajstić information content (AvgIpc) is 2.17. The highest BCUT2D eigenvalue weighted by molar-refractivity contribution is 7.67. The second kappa shape index (κ2) is 4.08. The molecule has 0 aliphatic rings. The van der Waals surface area contributed by atoms with Crippen LogP contribution in [0.2, 0.25) is 0 Å². The van der Waals surface area contributed by atoms with Crippen molar-refractivity contribution in [1.82, 2.24) is 0 Å². The van der Waals surface area contributed by atoms with Crippen molar-refractivity contribution in [2.75, 3.05) is 7.11 Å². The summed E-state index contributed by atoms with van der Waals surface area (Å²) in [4.78, 5) is 0. The molecule has 0 aliphatic heterocycles. The van der Waals surface area contributed by atoms with Crippen LogP contribution in [0.15, 0.2) is 30.3 Å². The monoisotopic (exact) mass is 198 g/mol. The summed E-state index contributed by atoms with van der Waals surface area (Å²) in [6, 6.07) is 9.37. The molecule has 0 bridgehead atoms. The Morgan fingerprint density at radius 2 is 1.77 bits per heavy atom. The van der Waals surface area contributed by atoms with E-state index in [0.717, 1.165) is 5.30 Å². The van der Waals surface area contributed by atoms with Crippen LogP contribution in [-0.4, -0.2) is 12.8 Å². The fourth-order valence-electron chi connectivity index (χ4n) is 1.25. The van der Waals surface area contributed by atoms with Gasteiger partial charge in [-0.3, -0.25) is 4.57 Å². The molecule has 0 heterocycles. The Labute approximate surface area is 79.4 Å². The summed E-state index contributed by atoms with van der Waals surface area (Å²) in [5.74, 6) is 0. The van der Waals surface area contributed by atoms with Crippen molar-refractivity contribution in [2.45, 2.75) is 19.5 Å². The summed E-state index contributed by atoms with van der Waals surface area (Å²) in [5.41, 5.74) is 0.0277. The van der Waals surface area contributed by atoms with Crippen LogP contribution < -0.4 is 5.30 Å². The van der Waals surface area contributed by atoms with Gasteiger partial charge in [0.1, 0.15) is 0 Å². The van der Waals surface area contributed by atoms with Gasteiger partial charge >= 0.3 is 0 Å². The van der Waals surface area contributed by atoms with Crippen LogP contribution in [0.5, 0.6) is 0 Å². The van der Waals surface area contributed by atoms with Crippen LogP contribution in [0.4, 0.5) is 0 Å². The molecule has 72 valence electrons. The first-order chi connectivity index (χ1) is 6.11. The van der Waals surface area contributed by atoms with Gasteiger partial charge in [-0.25, -0.2) is 0 Å². The first-order valence-corrected chi connectivity index (χ1v) is 6.01. The summed E-state index contributed by atoms with van der Waals surface area (Å²) in [5, 5.41) is 0.799. The van der Waals surface area contributed by atoms with Crippen molar-refractivity contribution in [1.29, 1.82) is 0 Å². The SMILES string of the molecule is COP(=O)(c1ccccc1)C(C)C. The first kappa shape index (κ1) is 10.5. The van der Waals surface area contributed by atoms with E-state index in [1.165, 1.54) is 7.11 Å². The summed E-state index contributed by atoms with van der Waals surface area (Å²) in [6.07, 6.45) is 0. The third-order valence-corrected chi connectivity index (χ3v) is 4.99. The number of hydrogen-bond donors (Lipinski definition) is 0. The van der Waals surface area contributed by atoms with Crippen LogP contribution in [-0.2, 0) is 9.09 Å². The second-order valence-corrected chi connectivity index (χ2v) is 6.32. The van der Waals surface area contributed by atoms with Gasteiger partial charge in [0.2, 0.25) is 7.37 Å². The molecular weight excluding hydrogens is 183 g/mol. The Hall–Kier alpha value is -0.590. The number of hydrogen-bond acceptors (Lipinski definition) is 2. The van der Waals surface area contributed by atoms with E-state index in [1.54, 1.807) is 0 Å². The Morgan fingerprint density at radius 3 is 2.15 bits per heavy atom. The normalized spacial score (nSPS) is 15.7. The van der Waals surface area contributed by atoms with Gasteiger partial charge in [-0.15, -0.1) is 0 Å². The van der Waals surface area contributed by atoms with Crippen molar-refractivity contribution >= 4 is 12.7 Å². The zero-order valence-corrected chi connectivity index (χ0v) is 9.12. The molecule has 1 aromatic carbocycles. The Bertz CT molecular complexity index is 306. The maximum atomic E-state index is 12.3. The summed E-state index contributed by atoms with van der Waals surface area (Å²) >= 11 is 0. The fraction of sp³-hybridized carbons (Fsp3) is 0.400. The predicted molar refractivity (Wildman–Crippen MR) is 55.8 cm³/mol. The van der Waals surface area contributed by atoms with E-state index < -0.39 is 7.37 Å². The lowest BCUT2D eigenvalue weighted by Gasteiger charge is -2.19. The molecule has 0 saturated heterocycles.